The zero-order valence-corrected chi connectivity index (χ0v) is 14.0. The summed E-state index contributed by atoms with van der Waals surface area (Å²) in [6.07, 6.45) is 7.24. The van der Waals surface area contributed by atoms with Gasteiger partial charge in [0.2, 0.25) is 5.91 Å². The zero-order chi connectivity index (χ0) is 15.2. The number of hydrogen-bond donors (Lipinski definition) is 2. The molecule has 0 spiro atoms. The lowest BCUT2D eigenvalue weighted by Crippen LogP contribution is -2.51. The second-order valence-corrected chi connectivity index (χ2v) is 6.89. The number of amides is 1. The van der Waals surface area contributed by atoms with Gasteiger partial charge >= 0.3 is 0 Å². The zero-order valence-electron chi connectivity index (χ0n) is 14.0. The van der Waals surface area contributed by atoms with Crippen LogP contribution in [0.4, 0.5) is 0 Å². The molecule has 0 aromatic rings. The second-order valence-electron chi connectivity index (χ2n) is 6.89. The van der Waals surface area contributed by atoms with Crippen LogP contribution in [-0.4, -0.2) is 48.6 Å². The summed E-state index contributed by atoms with van der Waals surface area (Å²) < 4.78 is 0. The van der Waals surface area contributed by atoms with Crippen LogP contribution in [0.3, 0.4) is 0 Å². The molecular formula is C17H33N3O. The Labute approximate surface area is 130 Å². The molecule has 2 N–H and O–H groups in total. The lowest BCUT2D eigenvalue weighted by Gasteiger charge is -2.31. The molecule has 2 atom stereocenters. The fourth-order valence-corrected chi connectivity index (χ4v) is 3.20. The Morgan fingerprint density at radius 2 is 1.95 bits per heavy atom. The first kappa shape index (κ1) is 16.8. The van der Waals surface area contributed by atoms with Crippen LogP contribution in [0.2, 0.25) is 0 Å². The molecule has 4 nitrogen and oxygen atoms in total. The molecule has 0 radical (unpaired) electrons. The van der Waals surface area contributed by atoms with Crippen molar-refractivity contribution in [2.24, 2.45) is 5.92 Å². The monoisotopic (exact) mass is 295 g/mol. The van der Waals surface area contributed by atoms with Crippen LogP contribution in [0, 0.1) is 5.92 Å². The molecule has 1 aliphatic heterocycles. The van der Waals surface area contributed by atoms with Crippen LogP contribution in [-0.2, 0) is 4.79 Å². The maximum Gasteiger partial charge on any atom is 0.237 e. The summed E-state index contributed by atoms with van der Waals surface area (Å²) in [5.74, 6) is 1.04. The minimum atomic E-state index is -0.00593. The van der Waals surface area contributed by atoms with E-state index in [0.29, 0.717) is 12.1 Å². The Morgan fingerprint density at radius 1 is 1.24 bits per heavy atom. The third kappa shape index (κ3) is 5.26. The second kappa shape index (κ2) is 8.14. The van der Waals surface area contributed by atoms with E-state index in [9.17, 15) is 4.79 Å². The van der Waals surface area contributed by atoms with Gasteiger partial charge in [-0.1, -0.05) is 13.8 Å². The summed E-state index contributed by atoms with van der Waals surface area (Å²) in [6.45, 7) is 9.61. The summed E-state index contributed by atoms with van der Waals surface area (Å²) in [5.41, 5.74) is 0. The Bertz CT molecular complexity index is 320. The summed E-state index contributed by atoms with van der Waals surface area (Å²) >= 11 is 0. The van der Waals surface area contributed by atoms with Gasteiger partial charge in [-0.05, 0) is 57.9 Å². The standard InChI is InChI=1S/C17H33N3O/c1-4-15(5-2)19-17(21)13(3)20(11-14-8-9-14)12-16-7-6-10-18-16/h13-16,18H,4-12H2,1-3H3,(H,19,21). The van der Waals surface area contributed by atoms with Crippen molar-refractivity contribution in [1.29, 1.82) is 0 Å². The van der Waals surface area contributed by atoms with E-state index in [1.807, 2.05) is 0 Å². The molecule has 1 saturated carbocycles. The number of carbonyl (C=O) groups is 1. The Hall–Kier alpha value is -0.610. The van der Waals surface area contributed by atoms with Crippen molar-refractivity contribution in [2.45, 2.75) is 77.4 Å². The number of carbonyl (C=O) groups excluding carboxylic acids is 1. The van der Waals surface area contributed by atoms with Crippen LogP contribution in [0.15, 0.2) is 0 Å². The molecule has 0 aromatic heterocycles. The molecule has 2 rings (SSSR count). The van der Waals surface area contributed by atoms with E-state index < -0.39 is 0 Å². The highest BCUT2D eigenvalue weighted by Gasteiger charge is 2.31. The van der Waals surface area contributed by atoms with Gasteiger partial charge in [0.1, 0.15) is 0 Å². The fraction of sp³-hybridized carbons (Fsp3) is 0.941. The highest BCUT2D eigenvalue weighted by molar-refractivity contribution is 5.81. The first-order chi connectivity index (χ1) is 10.1. The van der Waals surface area contributed by atoms with Crippen molar-refractivity contribution in [3.8, 4) is 0 Å². The lowest BCUT2D eigenvalue weighted by atomic mass is 10.1. The van der Waals surface area contributed by atoms with E-state index in [4.69, 9.17) is 0 Å². The molecule has 2 aliphatic rings. The smallest absolute Gasteiger partial charge is 0.237 e. The van der Waals surface area contributed by atoms with Gasteiger partial charge in [0.25, 0.3) is 0 Å². The van der Waals surface area contributed by atoms with Gasteiger partial charge in [-0.25, -0.2) is 0 Å². The van der Waals surface area contributed by atoms with Crippen LogP contribution in [0.5, 0.6) is 0 Å². The number of rotatable bonds is 9. The third-order valence-corrected chi connectivity index (χ3v) is 5.07. The Balaban J connectivity index is 1.88. The average Bonchev–Trinajstić information content (AvgIpc) is 3.16. The molecule has 1 saturated heterocycles. The van der Waals surface area contributed by atoms with Gasteiger partial charge in [0.05, 0.1) is 6.04 Å². The molecule has 4 heteroatoms. The lowest BCUT2D eigenvalue weighted by molar-refractivity contribution is -0.126. The van der Waals surface area contributed by atoms with E-state index in [-0.39, 0.29) is 11.9 Å². The highest BCUT2D eigenvalue weighted by Crippen LogP contribution is 2.30. The van der Waals surface area contributed by atoms with Crippen LogP contribution < -0.4 is 10.6 Å². The van der Waals surface area contributed by atoms with Crippen molar-refractivity contribution in [2.75, 3.05) is 19.6 Å². The fourth-order valence-electron chi connectivity index (χ4n) is 3.20. The van der Waals surface area contributed by atoms with Crippen LogP contribution in [0.25, 0.3) is 0 Å². The van der Waals surface area contributed by atoms with E-state index in [1.165, 1.54) is 25.7 Å². The van der Waals surface area contributed by atoms with Gasteiger partial charge < -0.3 is 10.6 Å². The predicted octanol–water partition coefficient (Wildman–Crippen LogP) is 2.14. The highest BCUT2D eigenvalue weighted by atomic mass is 16.2. The minimum absolute atomic E-state index is 0.00593. The van der Waals surface area contributed by atoms with Crippen molar-refractivity contribution in [3.63, 3.8) is 0 Å². The molecule has 2 fully saturated rings. The van der Waals surface area contributed by atoms with Crippen LogP contribution >= 0.6 is 0 Å². The quantitative estimate of drug-likeness (QED) is 0.685. The van der Waals surface area contributed by atoms with Crippen molar-refractivity contribution in [3.05, 3.63) is 0 Å². The average molecular weight is 295 g/mol. The van der Waals surface area contributed by atoms with Gasteiger partial charge in [-0.2, -0.15) is 0 Å². The first-order valence-corrected chi connectivity index (χ1v) is 8.91. The largest absolute Gasteiger partial charge is 0.352 e. The topological polar surface area (TPSA) is 44.4 Å². The summed E-state index contributed by atoms with van der Waals surface area (Å²) in [5, 5.41) is 6.78. The molecule has 21 heavy (non-hydrogen) atoms. The normalized spacial score (nSPS) is 23.8. The Kier molecular flexibility index (Phi) is 6.49. The maximum atomic E-state index is 12.5. The molecule has 0 aromatic carbocycles. The van der Waals surface area contributed by atoms with Crippen molar-refractivity contribution in [1.82, 2.24) is 15.5 Å². The van der Waals surface area contributed by atoms with Gasteiger partial charge in [-0.15, -0.1) is 0 Å². The minimum Gasteiger partial charge on any atom is -0.352 e. The molecular weight excluding hydrogens is 262 g/mol. The Morgan fingerprint density at radius 3 is 2.48 bits per heavy atom. The number of nitrogens with one attached hydrogen (secondary N) is 2. The van der Waals surface area contributed by atoms with E-state index in [2.05, 4.69) is 36.3 Å². The predicted molar refractivity (Wildman–Crippen MR) is 87.3 cm³/mol. The summed E-state index contributed by atoms with van der Waals surface area (Å²) in [6, 6.07) is 0.896. The van der Waals surface area contributed by atoms with Crippen molar-refractivity contribution < 1.29 is 4.79 Å². The molecule has 1 amide bonds. The van der Waals surface area contributed by atoms with E-state index >= 15 is 0 Å². The van der Waals surface area contributed by atoms with Crippen LogP contribution in [0.1, 0.15) is 59.3 Å². The number of hydrogen-bond acceptors (Lipinski definition) is 3. The SMILES string of the molecule is CCC(CC)NC(=O)C(C)N(CC1CC1)CC1CCCN1. The number of nitrogens with zero attached hydrogens (tertiary/aromatic N) is 1. The van der Waals surface area contributed by atoms with Gasteiger partial charge in [-0.3, -0.25) is 9.69 Å². The summed E-state index contributed by atoms with van der Waals surface area (Å²) in [4.78, 5) is 14.9. The van der Waals surface area contributed by atoms with E-state index in [1.54, 1.807) is 0 Å². The van der Waals surface area contributed by atoms with E-state index in [0.717, 1.165) is 38.4 Å². The summed E-state index contributed by atoms with van der Waals surface area (Å²) in [7, 11) is 0. The molecule has 2 unspecified atom stereocenters. The molecule has 1 heterocycles. The first-order valence-electron chi connectivity index (χ1n) is 8.91. The van der Waals surface area contributed by atoms with Gasteiger partial charge in [0, 0.05) is 25.2 Å². The van der Waals surface area contributed by atoms with Gasteiger partial charge in [0.15, 0.2) is 0 Å². The van der Waals surface area contributed by atoms with Crippen molar-refractivity contribution >= 4 is 5.91 Å². The molecule has 122 valence electrons. The maximum absolute atomic E-state index is 12.5. The molecule has 1 aliphatic carbocycles. The molecule has 0 bridgehead atoms. The third-order valence-electron chi connectivity index (χ3n) is 5.07.